The topological polar surface area (TPSA) is 58.6 Å². The van der Waals surface area contributed by atoms with E-state index in [0.29, 0.717) is 32.5 Å². The van der Waals surface area contributed by atoms with Crippen LogP contribution in [0.3, 0.4) is 0 Å². The Bertz CT molecular complexity index is 580. The molecule has 130 valence electrons. The largest absolute Gasteiger partial charge is 0.375 e. The van der Waals surface area contributed by atoms with Crippen LogP contribution in [0.25, 0.3) is 0 Å². The van der Waals surface area contributed by atoms with E-state index in [1.165, 1.54) is 18.2 Å². The van der Waals surface area contributed by atoms with Gasteiger partial charge < -0.3 is 15.0 Å². The van der Waals surface area contributed by atoms with Crippen LogP contribution in [0.5, 0.6) is 0 Å². The van der Waals surface area contributed by atoms with Gasteiger partial charge in [-0.2, -0.15) is 0 Å². The number of amides is 2. The first kappa shape index (κ1) is 18.1. The lowest BCUT2D eigenvalue weighted by Crippen LogP contribution is -2.43. The lowest BCUT2D eigenvalue weighted by Gasteiger charge is -2.30. The molecular formula is C18H23FN2O3. The van der Waals surface area contributed by atoms with Crippen molar-refractivity contribution < 1.29 is 18.7 Å². The van der Waals surface area contributed by atoms with Gasteiger partial charge in [0.15, 0.2) is 0 Å². The first-order chi connectivity index (χ1) is 11.5. The maximum Gasteiger partial charge on any atom is 0.245 e. The summed E-state index contributed by atoms with van der Waals surface area (Å²) in [7, 11) is 1.56. The van der Waals surface area contributed by atoms with Gasteiger partial charge in [-0.3, -0.25) is 9.59 Å². The summed E-state index contributed by atoms with van der Waals surface area (Å²) in [5.74, 6) is -0.544. The number of halogens is 1. The molecule has 0 bridgehead atoms. The van der Waals surface area contributed by atoms with Gasteiger partial charge in [0, 0.05) is 32.7 Å². The third-order valence-electron chi connectivity index (χ3n) is 4.34. The SMILES string of the molecule is C=CC(=O)N1CCC(C(=O)NCC(OC)c2ccc(F)cc2)CC1. The fraction of sp³-hybridized carbons (Fsp3) is 0.444. The monoisotopic (exact) mass is 334 g/mol. The Morgan fingerprint density at radius 1 is 1.38 bits per heavy atom. The number of hydrogen-bond acceptors (Lipinski definition) is 3. The summed E-state index contributed by atoms with van der Waals surface area (Å²) < 4.78 is 18.4. The summed E-state index contributed by atoms with van der Waals surface area (Å²) in [5.41, 5.74) is 0.811. The molecule has 2 rings (SSSR count). The second-order valence-corrected chi connectivity index (χ2v) is 5.82. The van der Waals surface area contributed by atoms with Gasteiger partial charge in [0.1, 0.15) is 5.82 Å². The number of benzene rings is 1. The van der Waals surface area contributed by atoms with E-state index < -0.39 is 0 Å². The van der Waals surface area contributed by atoms with Crippen LogP contribution in [0, 0.1) is 11.7 Å². The predicted octanol–water partition coefficient (Wildman–Crippen LogP) is 2.05. The van der Waals surface area contributed by atoms with E-state index in [2.05, 4.69) is 11.9 Å². The summed E-state index contributed by atoms with van der Waals surface area (Å²) in [6.07, 6.45) is 2.25. The zero-order chi connectivity index (χ0) is 17.5. The van der Waals surface area contributed by atoms with Crippen LogP contribution < -0.4 is 5.32 Å². The quantitative estimate of drug-likeness (QED) is 0.810. The minimum atomic E-state index is -0.322. The molecular weight excluding hydrogens is 311 g/mol. The van der Waals surface area contributed by atoms with Crippen LogP contribution in [0.4, 0.5) is 4.39 Å². The maximum absolute atomic E-state index is 13.0. The lowest BCUT2D eigenvalue weighted by atomic mass is 9.95. The molecule has 24 heavy (non-hydrogen) atoms. The number of piperidine rings is 1. The highest BCUT2D eigenvalue weighted by Crippen LogP contribution is 2.19. The van der Waals surface area contributed by atoms with Crippen LogP contribution in [0.1, 0.15) is 24.5 Å². The Balaban J connectivity index is 1.83. The van der Waals surface area contributed by atoms with Crippen molar-refractivity contribution in [3.8, 4) is 0 Å². The molecule has 5 nitrogen and oxygen atoms in total. The number of rotatable bonds is 6. The van der Waals surface area contributed by atoms with Crippen LogP contribution >= 0.6 is 0 Å². The third kappa shape index (κ3) is 4.64. The predicted molar refractivity (Wildman–Crippen MR) is 88.7 cm³/mol. The molecule has 0 aliphatic carbocycles. The van der Waals surface area contributed by atoms with Crippen molar-refractivity contribution >= 4 is 11.8 Å². The average molecular weight is 334 g/mol. The lowest BCUT2D eigenvalue weighted by molar-refractivity contribution is -0.132. The number of carbonyl (C=O) groups excluding carboxylic acids is 2. The van der Waals surface area contributed by atoms with E-state index in [-0.39, 0.29) is 29.7 Å². The Kier molecular flexibility index (Phi) is 6.49. The van der Waals surface area contributed by atoms with Crippen molar-refractivity contribution in [3.05, 3.63) is 48.3 Å². The zero-order valence-electron chi connectivity index (χ0n) is 13.8. The Labute approximate surface area is 141 Å². The van der Waals surface area contributed by atoms with Gasteiger partial charge in [-0.1, -0.05) is 18.7 Å². The Morgan fingerprint density at radius 2 is 2.00 bits per heavy atom. The smallest absolute Gasteiger partial charge is 0.245 e. The molecule has 1 N–H and O–H groups in total. The van der Waals surface area contributed by atoms with Crippen LogP contribution in [-0.4, -0.2) is 43.5 Å². The molecule has 1 aliphatic heterocycles. The maximum atomic E-state index is 13.0. The van der Waals surface area contributed by atoms with Crippen LogP contribution in [0.15, 0.2) is 36.9 Å². The number of likely N-dealkylation sites (tertiary alicyclic amines) is 1. The van der Waals surface area contributed by atoms with E-state index in [9.17, 15) is 14.0 Å². The van der Waals surface area contributed by atoms with E-state index in [1.807, 2.05) is 0 Å². The van der Waals surface area contributed by atoms with Crippen LogP contribution in [-0.2, 0) is 14.3 Å². The average Bonchev–Trinajstić information content (AvgIpc) is 2.62. The van der Waals surface area contributed by atoms with E-state index in [4.69, 9.17) is 4.74 Å². The number of carbonyl (C=O) groups is 2. The van der Waals surface area contributed by atoms with Gasteiger partial charge in [-0.25, -0.2) is 4.39 Å². The molecule has 1 saturated heterocycles. The number of hydrogen-bond donors (Lipinski definition) is 1. The minimum Gasteiger partial charge on any atom is -0.375 e. The molecule has 6 heteroatoms. The first-order valence-corrected chi connectivity index (χ1v) is 8.02. The van der Waals surface area contributed by atoms with Gasteiger partial charge in [0.05, 0.1) is 6.10 Å². The number of nitrogens with zero attached hydrogens (tertiary/aromatic N) is 1. The summed E-state index contributed by atoms with van der Waals surface area (Å²) in [4.78, 5) is 25.5. The van der Waals surface area contributed by atoms with E-state index in [1.54, 1.807) is 24.1 Å². The molecule has 1 atom stereocenters. The highest BCUT2D eigenvalue weighted by Gasteiger charge is 2.26. The molecule has 2 amide bonds. The Morgan fingerprint density at radius 3 is 2.54 bits per heavy atom. The molecule has 1 aromatic rings. The second-order valence-electron chi connectivity index (χ2n) is 5.82. The molecule has 1 aromatic carbocycles. The Hall–Kier alpha value is -2.21. The molecule has 0 radical (unpaired) electrons. The fourth-order valence-corrected chi connectivity index (χ4v) is 2.84. The van der Waals surface area contributed by atoms with Gasteiger partial charge >= 0.3 is 0 Å². The van der Waals surface area contributed by atoms with Crippen molar-refractivity contribution in [2.45, 2.75) is 18.9 Å². The highest BCUT2D eigenvalue weighted by molar-refractivity contribution is 5.87. The summed E-state index contributed by atoms with van der Waals surface area (Å²) in [5, 5.41) is 2.89. The summed E-state index contributed by atoms with van der Waals surface area (Å²) >= 11 is 0. The summed E-state index contributed by atoms with van der Waals surface area (Å²) in [6, 6.07) is 6.04. The number of methoxy groups -OCH3 is 1. The van der Waals surface area contributed by atoms with E-state index in [0.717, 1.165) is 5.56 Å². The van der Waals surface area contributed by atoms with Crippen molar-refractivity contribution in [2.24, 2.45) is 5.92 Å². The zero-order valence-corrected chi connectivity index (χ0v) is 13.8. The van der Waals surface area contributed by atoms with Gasteiger partial charge in [-0.15, -0.1) is 0 Å². The number of nitrogens with one attached hydrogen (secondary N) is 1. The molecule has 0 spiro atoms. The summed E-state index contributed by atoms with van der Waals surface area (Å²) in [6.45, 7) is 4.93. The number of ether oxygens (including phenoxy) is 1. The van der Waals surface area contributed by atoms with Crippen molar-refractivity contribution in [3.63, 3.8) is 0 Å². The molecule has 1 aliphatic rings. The normalized spacial score (nSPS) is 16.5. The molecule has 1 fully saturated rings. The standard InChI is InChI=1S/C18H23FN2O3/c1-3-17(22)21-10-8-14(9-11-21)18(23)20-12-16(24-2)13-4-6-15(19)7-5-13/h3-7,14,16H,1,8-12H2,2H3,(H,20,23). The van der Waals surface area contributed by atoms with Gasteiger partial charge in [0.2, 0.25) is 11.8 Å². The molecule has 1 heterocycles. The fourth-order valence-electron chi connectivity index (χ4n) is 2.84. The third-order valence-corrected chi connectivity index (χ3v) is 4.34. The molecule has 0 aromatic heterocycles. The van der Waals surface area contributed by atoms with Gasteiger partial charge in [0.25, 0.3) is 0 Å². The van der Waals surface area contributed by atoms with Crippen molar-refractivity contribution in [2.75, 3.05) is 26.7 Å². The minimum absolute atomic E-state index is 0.0372. The van der Waals surface area contributed by atoms with Crippen molar-refractivity contribution in [1.29, 1.82) is 0 Å². The highest BCUT2D eigenvalue weighted by atomic mass is 19.1. The van der Waals surface area contributed by atoms with Gasteiger partial charge in [-0.05, 0) is 36.6 Å². The first-order valence-electron chi connectivity index (χ1n) is 8.02. The molecule has 0 saturated carbocycles. The van der Waals surface area contributed by atoms with Crippen molar-refractivity contribution in [1.82, 2.24) is 10.2 Å². The van der Waals surface area contributed by atoms with E-state index >= 15 is 0 Å². The second kappa shape index (κ2) is 8.59. The molecule has 1 unspecified atom stereocenters. The van der Waals surface area contributed by atoms with Crippen LogP contribution in [0.2, 0.25) is 0 Å².